The molecule has 0 saturated heterocycles. The van der Waals surface area contributed by atoms with E-state index in [9.17, 15) is 4.79 Å². The zero-order valence-corrected chi connectivity index (χ0v) is 9.68. The molecule has 0 aliphatic heterocycles. The average molecular weight is 184 g/mol. The molecule has 0 rings (SSSR count). The molecule has 0 amide bonds. The summed E-state index contributed by atoms with van der Waals surface area (Å²) < 4.78 is 0. The number of allylic oxidation sites excluding steroid dienone is 1. The fraction of sp³-hybridized carbons (Fsp3) is 0.700. The number of unbranched alkanes of at least 4 members (excludes halogenated alkanes) is 1. The van der Waals surface area contributed by atoms with E-state index in [1.165, 1.54) is 0 Å². The smallest absolute Gasteiger partial charge is 0.145 e. The first kappa shape index (κ1) is 11.6. The van der Waals surface area contributed by atoms with Gasteiger partial charge in [-0.25, -0.2) is 0 Å². The summed E-state index contributed by atoms with van der Waals surface area (Å²) >= 11 is 0. The number of rotatable bonds is 5. The fourth-order valence-corrected chi connectivity index (χ4v) is 2.43. The predicted molar refractivity (Wildman–Crippen MR) is 57.0 cm³/mol. The van der Waals surface area contributed by atoms with E-state index in [0.717, 1.165) is 31.1 Å². The summed E-state index contributed by atoms with van der Waals surface area (Å²) in [6, 6.07) is 0. The van der Waals surface area contributed by atoms with Crippen molar-refractivity contribution in [2.45, 2.75) is 45.8 Å². The standard InChI is InChI=1S/C10H20OSi/c1-5-6-7-10(8-11)9-12(2,3)4/h8-9H,5-7H2,1-4H3/b10-9-. The summed E-state index contributed by atoms with van der Waals surface area (Å²) in [6.07, 6.45) is 4.28. The number of carbonyl (C=O) groups excluding carboxylic acids is 1. The largest absolute Gasteiger partial charge is 0.298 e. The highest BCUT2D eigenvalue weighted by Gasteiger charge is 2.10. The van der Waals surface area contributed by atoms with Crippen LogP contribution in [0.25, 0.3) is 0 Å². The number of aldehydes is 1. The van der Waals surface area contributed by atoms with Crippen LogP contribution in [0.4, 0.5) is 0 Å². The molecule has 0 aliphatic carbocycles. The van der Waals surface area contributed by atoms with Gasteiger partial charge in [-0.05, 0) is 18.4 Å². The van der Waals surface area contributed by atoms with Crippen LogP contribution in [0.5, 0.6) is 0 Å². The van der Waals surface area contributed by atoms with Crippen molar-refractivity contribution in [1.29, 1.82) is 0 Å². The molecule has 0 saturated carbocycles. The third-order valence-electron chi connectivity index (χ3n) is 1.59. The second-order valence-electron chi connectivity index (χ2n) is 4.31. The van der Waals surface area contributed by atoms with Crippen molar-refractivity contribution in [3.05, 3.63) is 11.3 Å². The first-order valence-corrected chi connectivity index (χ1v) is 8.24. The summed E-state index contributed by atoms with van der Waals surface area (Å²) in [7, 11) is -1.18. The Morgan fingerprint density at radius 3 is 2.25 bits per heavy atom. The van der Waals surface area contributed by atoms with E-state index in [1.54, 1.807) is 0 Å². The van der Waals surface area contributed by atoms with Crippen LogP contribution in [0, 0.1) is 0 Å². The summed E-state index contributed by atoms with van der Waals surface area (Å²) in [5, 5.41) is 0. The van der Waals surface area contributed by atoms with Crippen molar-refractivity contribution in [2.75, 3.05) is 0 Å². The zero-order chi connectivity index (χ0) is 9.61. The molecule has 0 unspecified atom stereocenters. The van der Waals surface area contributed by atoms with Crippen molar-refractivity contribution >= 4 is 14.4 Å². The molecule has 0 fully saturated rings. The number of hydrogen-bond donors (Lipinski definition) is 0. The van der Waals surface area contributed by atoms with Gasteiger partial charge in [-0.3, -0.25) is 4.79 Å². The lowest BCUT2D eigenvalue weighted by Gasteiger charge is -2.10. The van der Waals surface area contributed by atoms with Crippen molar-refractivity contribution < 1.29 is 4.79 Å². The molecule has 0 heterocycles. The molecule has 0 N–H and O–H groups in total. The third kappa shape index (κ3) is 6.34. The molecule has 70 valence electrons. The van der Waals surface area contributed by atoms with Crippen LogP contribution in [-0.4, -0.2) is 14.4 Å². The first-order chi connectivity index (χ1) is 5.49. The highest BCUT2D eigenvalue weighted by Crippen LogP contribution is 2.10. The summed E-state index contributed by atoms with van der Waals surface area (Å²) in [4.78, 5) is 10.6. The molecule has 0 aliphatic rings. The Morgan fingerprint density at radius 2 is 1.92 bits per heavy atom. The van der Waals surface area contributed by atoms with Gasteiger partial charge in [0.05, 0.1) is 8.07 Å². The second-order valence-corrected chi connectivity index (χ2v) is 9.33. The van der Waals surface area contributed by atoms with Gasteiger partial charge < -0.3 is 0 Å². The molecule has 0 aromatic heterocycles. The Kier molecular flexibility index (Phi) is 5.14. The van der Waals surface area contributed by atoms with Crippen LogP contribution in [0.1, 0.15) is 26.2 Å². The predicted octanol–water partition coefficient (Wildman–Crippen LogP) is 3.18. The minimum Gasteiger partial charge on any atom is -0.298 e. The number of hydrogen-bond acceptors (Lipinski definition) is 1. The van der Waals surface area contributed by atoms with E-state index < -0.39 is 8.07 Å². The summed E-state index contributed by atoms with van der Waals surface area (Å²) in [6.45, 7) is 8.91. The summed E-state index contributed by atoms with van der Waals surface area (Å²) in [5.41, 5.74) is 3.21. The molecule has 0 spiro atoms. The van der Waals surface area contributed by atoms with Crippen LogP contribution < -0.4 is 0 Å². The SMILES string of the molecule is CCCC/C(C=O)=C/[Si](C)(C)C. The van der Waals surface area contributed by atoms with Gasteiger partial charge in [0.15, 0.2) is 0 Å². The Bertz CT molecular complexity index is 165. The fourth-order valence-electron chi connectivity index (χ4n) is 1.10. The quantitative estimate of drug-likeness (QED) is 0.364. The van der Waals surface area contributed by atoms with E-state index in [4.69, 9.17) is 0 Å². The Morgan fingerprint density at radius 1 is 1.33 bits per heavy atom. The number of carbonyl (C=O) groups is 1. The van der Waals surface area contributed by atoms with E-state index in [1.807, 2.05) is 0 Å². The lowest BCUT2D eigenvalue weighted by molar-refractivity contribution is -0.105. The van der Waals surface area contributed by atoms with E-state index in [2.05, 4.69) is 32.3 Å². The third-order valence-corrected chi connectivity index (χ3v) is 2.83. The molecule has 0 aromatic carbocycles. The molecular formula is C10H20OSi. The van der Waals surface area contributed by atoms with Crippen LogP contribution in [0.3, 0.4) is 0 Å². The Hall–Kier alpha value is -0.373. The highest BCUT2D eigenvalue weighted by molar-refractivity contribution is 6.81. The van der Waals surface area contributed by atoms with Crippen molar-refractivity contribution in [2.24, 2.45) is 0 Å². The van der Waals surface area contributed by atoms with E-state index >= 15 is 0 Å². The minimum atomic E-state index is -1.18. The molecule has 1 nitrogen and oxygen atoms in total. The van der Waals surface area contributed by atoms with Gasteiger partial charge in [0.25, 0.3) is 0 Å². The average Bonchev–Trinajstić information content (AvgIpc) is 1.95. The molecule has 0 bridgehead atoms. The van der Waals surface area contributed by atoms with Gasteiger partial charge in [-0.1, -0.05) is 38.7 Å². The highest BCUT2D eigenvalue weighted by atomic mass is 28.3. The van der Waals surface area contributed by atoms with Crippen molar-refractivity contribution in [3.63, 3.8) is 0 Å². The van der Waals surface area contributed by atoms with Crippen LogP contribution in [0.15, 0.2) is 11.3 Å². The van der Waals surface area contributed by atoms with Crippen LogP contribution in [-0.2, 0) is 4.79 Å². The Labute approximate surface area is 76.9 Å². The van der Waals surface area contributed by atoms with Crippen LogP contribution >= 0.6 is 0 Å². The summed E-state index contributed by atoms with van der Waals surface area (Å²) in [5.74, 6) is 0. The van der Waals surface area contributed by atoms with Gasteiger partial charge in [0.1, 0.15) is 6.29 Å². The van der Waals surface area contributed by atoms with Crippen molar-refractivity contribution in [1.82, 2.24) is 0 Å². The maximum absolute atomic E-state index is 10.6. The lowest BCUT2D eigenvalue weighted by atomic mass is 10.1. The monoisotopic (exact) mass is 184 g/mol. The molecule has 2 heteroatoms. The van der Waals surface area contributed by atoms with Gasteiger partial charge in [0.2, 0.25) is 0 Å². The second kappa shape index (κ2) is 5.30. The zero-order valence-electron chi connectivity index (χ0n) is 8.68. The van der Waals surface area contributed by atoms with E-state index in [0.29, 0.717) is 0 Å². The van der Waals surface area contributed by atoms with Crippen LogP contribution in [0.2, 0.25) is 19.6 Å². The normalized spacial score (nSPS) is 13.2. The molecular weight excluding hydrogens is 164 g/mol. The van der Waals surface area contributed by atoms with Crippen molar-refractivity contribution in [3.8, 4) is 0 Å². The molecule has 12 heavy (non-hydrogen) atoms. The first-order valence-electron chi connectivity index (χ1n) is 4.66. The van der Waals surface area contributed by atoms with Gasteiger partial charge in [-0.15, -0.1) is 0 Å². The Balaban J connectivity index is 4.14. The maximum Gasteiger partial charge on any atom is 0.145 e. The molecule has 0 aromatic rings. The molecule has 0 radical (unpaired) electrons. The molecule has 0 atom stereocenters. The van der Waals surface area contributed by atoms with Gasteiger partial charge >= 0.3 is 0 Å². The topological polar surface area (TPSA) is 17.1 Å². The lowest BCUT2D eigenvalue weighted by Crippen LogP contribution is -2.17. The maximum atomic E-state index is 10.6. The van der Waals surface area contributed by atoms with E-state index in [-0.39, 0.29) is 0 Å². The minimum absolute atomic E-state index is 0.963. The van der Waals surface area contributed by atoms with Gasteiger partial charge in [0, 0.05) is 0 Å². The van der Waals surface area contributed by atoms with Gasteiger partial charge in [-0.2, -0.15) is 0 Å².